The van der Waals surface area contributed by atoms with E-state index in [0.717, 1.165) is 66.3 Å². The highest BCUT2D eigenvalue weighted by atomic mass is 16.2. The van der Waals surface area contributed by atoms with Crippen molar-refractivity contribution in [3.05, 3.63) is 204 Å². The first-order valence-corrected chi connectivity index (χ1v) is 18.9. The van der Waals surface area contributed by atoms with E-state index in [1.54, 1.807) is 18.2 Å². The summed E-state index contributed by atoms with van der Waals surface area (Å²) in [6, 6.07) is 62.6. The summed E-state index contributed by atoms with van der Waals surface area (Å²) in [4.78, 5) is 31.8. The number of rotatable bonds is 6. The van der Waals surface area contributed by atoms with E-state index >= 15 is 4.79 Å². The number of hydrogen-bond acceptors (Lipinski definition) is 4. The minimum absolute atomic E-state index is 0.264. The molecule has 0 bridgehead atoms. The molecule has 1 aliphatic heterocycles. The van der Waals surface area contributed by atoms with Crippen LogP contribution in [0.1, 0.15) is 31.8 Å². The standard InChI is InChI=1S/C52H30N4O2/c53-31-35-19-7-9-21-37(35)41-25-12-27-43-44-28-13-26-42(38-22-10-8-20-36(38)32-54)50(44)55(49(41)43)46-30-14-29-45-47(46)52(58)56(51(45)57)48-39(33-15-3-1-4-16-33)23-11-24-40(48)34-17-5-2-6-18-34/h1-30H. The zero-order chi connectivity index (χ0) is 39.3. The van der Waals surface area contributed by atoms with Gasteiger partial charge in [-0.25, -0.2) is 4.90 Å². The van der Waals surface area contributed by atoms with Crippen LogP contribution in [0.15, 0.2) is 182 Å². The number of hydrogen-bond donors (Lipinski definition) is 0. The lowest BCUT2D eigenvalue weighted by Gasteiger charge is -2.23. The van der Waals surface area contributed by atoms with Crippen molar-refractivity contribution in [2.24, 2.45) is 0 Å². The molecule has 6 heteroatoms. The van der Waals surface area contributed by atoms with E-state index in [1.165, 1.54) is 4.90 Å². The highest BCUT2D eigenvalue weighted by Crippen LogP contribution is 2.47. The van der Waals surface area contributed by atoms with Crippen molar-refractivity contribution in [1.82, 2.24) is 4.57 Å². The van der Waals surface area contributed by atoms with Gasteiger partial charge in [0.25, 0.3) is 11.8 Å². The summed E-state index contributed by atoms with van der Waals surface area (Å²) in [5, 5.41) is 22.4. The van der Waals surface area contributed by atoms with Gasteiger partial charge in [-0.3, -0.25) is 9.59 Å². The molecule has 58 heavy (non-hydrogen) atoms. The molecule has 0 atom stereocenters. The van der Waals surface area contributed by atoms with Gasteiger partial charge < -0.3 is 4.57 Å². The Hall–Kier alpha value is -8.32. The molecule has 0 radical (unpaired) electrons. The Kier molecular flexibility index (Phi) is 8.11. The third kappa shape index (κ3) is 5.18. The molecule has 0 unspecified atom stereocenters. The molecule has 0 aliphatic carbocycles. The molecule has 0 saturated carbocycles. The van der Waals surface area contributed by atoms with E-state index in [-0.39, 0.29) is 11.1 Å². The van der Waals surface area contributed by atoms with Crippen molar-refractivity contribution in [2.75, 3.05) is 4.90 Å². The first kappa shape index (κ1) is 34.2. The van der Waals surface area contributed by atoms with E-state index in [9.17, 15) is 15.3 Å². The van der Waals surface area contributed by atoms with Crippen molar-refractivity contribution in [1.29, 1.82) is 10.5 Å². The number of imide groups is 1. The predicted molar refractivity (Wildman–Crippen MR) is 230 cm³/mol. The number of nitriles is 2. The third-order valence-electron chi connectivity index (χ3n) is 11.0. The number of para-hydroxylation sites is 3. The van der Waals surface area contributed by atoms with Gasteiger partial charge in [0.05, 0.1) is 56.8 Å². The average molecular weight is 743 g/mol. The molecule has 1 aromatic heterocycles. The maximum Gasteiger partial charge on any atom is 0.268 e. The Morgan fingerprint density at radius 2 is 0.793 bits per heavy atom. The summed E-state index contributed by atoms with van der Waals surface area (Å²) >= 11 is 0. The van der Waals surface area contributed by atoms with Gasteiger partial charge >= 0.3 is 0 Å². The molecule has 9 aromatic rings. The molecule has 0 spiro atoms. The van der Waals surface area contributed by atoms with Gasteiger partial charge in [-0.1, -0.05) is 158 Å². The Morgan fingerprint density at radius 1 is 0.379 bits per heavy atom. The van der Waals surface area contributed by atoms with Gasteiger partial charge in [0, 0.05) is 44.2 Å². The summed E-state index contributed by atoms with van der Waals surface area (Å²) in [7, 11) is 0. The average Bonchev–Trinajstić information content (AvgIpc) is 3.77. The van der Waals surface area contributed by atoms with Gasteiger partial charge in [-0.2, -0.15) is 10.5 Å². The Morgan fingerprint density at radius 3 is 1.31 bits per heavy atom. The van der Waals surface area contributed by atoms with Crippen LogP contribution in [0.25, 0.3) is 72.0 Å². The number of fused-ring (bicyclic) bond motifs is 4. The van der Waals surface area contributed by atoms with Crippen molar-refractivity contribution < 1.29 is 9.59 Å². The summed E-state index contributed by atoms with van der Waals surface area (Å²) in [5.41, 5.74) is 10.4. The second-order valence-corrected chi connectivity index (χ2v) is 14.1. The summed E-state index contributed by atoms with van der Waals surface area (Å²) in [6.07, 6.45) is 0. The largest absolute Gasteiger partial charge is 0.307 e. The summed E-state index contributed by atoms with van der Waals surface area (Å²) in [5.74, 6) is -0.871. The third-order valence-corrected chi connectivity index (χ3v) is 11.0. The molecule has 1 aliphatic rings. The molecule has 0 saturated heterocycles. The predicted octanol–water partition coefficient (Wildman–Crippen LogP) is 12.0. The number of benzene rings is 8. The molecule has 6 nitrogen and oxygen atoms in total. The summed E-state index contributed by atoms with van der Waals surface area (Å²) < 4.78 is 2.06. The van der Waals surface area contributed by atoms with Gasteiger partial charge in [0.1, 0.15) is 0 Å². The first-order chi connectivity index (χ1) is 28.6. The number of carbonyl (C=O) groups excluding carboxylic acids is 2. The summed E-state index contributed by atoms with van der Waals surface area (Å²) in [6.45, 7) is 0. The van der Waals surface area contributed by atoms with Crippen LogP contribution in [0.5, 0.6) is 0 Å². The quantitative estimate of drug-likeness (QED) is 0.159. The Bertz CT molecular complexity index is 3070. The fourth-order valence-corrected chi connectivity index (χ4v) is 8.56. The highest BCUT2D eigenvalue weighted by Gasteiger charge is 2.42. The van der Waals surface area contributed by atoms with Crippen LogP contribution in [-0.4, -0.2) is 16.4 Å². The van der Waals surface area contributed by atoms with E-state index in [0.29, 0.717) is 22.5 Å². The fourth-order valence-electron chi connectivity index (χ4n) is 8.56. The fraction of sp³-hybridized carbons (Fsp3) is 0. The van der Waals surface area contributed by atoms with Gasteiger partial charge in [-0.05, 0) is 35.4 Å². The number of amides is 2. The van der Waals surface area contributed by atoms with E-state index in [1.807, 2.05) is 164 Å². The smallest absolute Gasteiger partial charge is 0.268 e. The van der Waals surface area contributed by atoms with Crippen LogP contribution in [0.2, 0.25) is 0 Å². The molecule has 2 heterocycles. The lowest BCUT2D eigenvalue weighted by atomic mass is 9.95. The first-order valence-electron chi connectivity index (χ1n) is 18.9. The normalized spacial score (nSPS) is 12.1. The minimum Gasteiger partial charge on any atom is -0.307 e. The number of carbonyl (C=O) groups is 2. The molecule has 10 rings (SSSR count). The molecule has 8 aromatic carbocycles. The maximum atomic E-state index is 15.5. The van der Waals surface area contributed by atoms with E-state index in [2.05, 4.69) is 16.7 Å². The molecule has 2 amide bonds. The van der Waals surface area contributed by atoms with E-state index < -0.39 is 11.8 Å². The zero-order valence-electron chi connectivity index (χ0n) is 30.9. The minimum atomic E-state index is -0.448. The molecule has 270 valence electrons. The van der Waals surface area contributed by atoms with Gasteiger partial charge in [0.2, 0.25) is 0 Å². The highest BCUT2D eigenvalue weighted by molar-refractivity contribution is 6.37. The topological polar surface area (TPSA) is 89.9 Å². The van der Waals surface area contributed by atoms with Crippen LogP contribution >= 0.6 is 0 Å². The van der Waals surface area contributed by atoms with Crippen molar-refractivity contribution in [2.45, 2.75) is 0 Å². The van der Waals surface area contributed by atoms with Crippen molar-refractivity contribution in [3.63, 3.8) is 0 Å². The lowest BCUT2D eigenvalue weighted by molar-refractivity contribution is 0.0926. The van der Waals surface area contributed by atoms with Crippen LogP contribution in [0.3, 0.4) is 0 Å². The lowest BCUT2D eigenvalue weighted by Crippen LogP contribution is -2.30. The van der Waals surface area contributed by atoms with Crippen molar-refractivity contribution in [3.8, 4) is 62.3 Å². The van der Waals surface area contributed by atoms with Gasteiger partial charge in [0.15, 0.2) is 0 Å². The molecule has 0 fully saturated rings. The molecular weight excluding hydrogens is 713 g/mol. The van der Waals surface area contributed by atoms with Crippen LogP contribution in [0, 0.1) is 22.7 Å². The Balaban J connectivity index is 1.30. The van der Waals surface area contributed by atoms with Crippen molar-refractivity contribution >= 4 is 39.3 Å². The van der Waals surface area contributed by atoms with Gasteiger partial charge in [-0.15, -0.1) is 0 Å². The second-order valence-electron chi connectivity index (χ2n) is 14.1. The Labute approximate surface area is 334 Å². The van der Waals surface area contributed by atoms with Crippen LogP contribution < -0.4 is 4.90 Å². The zero-order valence-corrected chi connectivity index (χ0v) is 30.9. The van der Waals surface area contributed by atoms with E-state index in [4.69, 9.17) is 0 Å². The van der Waals surface area contributed by atoms with Crippen LogP contribution in [-0.2, 0) is 0 Å². The SMILES string of the molecule is N#Cc1ccccc1-c1cccc2c3cccc(-c4ccccc4C#N)c3n(-c3cccc4c3C(=O)N(c3c(-c5ccccc5)cccc3-c3ccccc3)C4=O)c12. The second kappa shape index (κ2) is 13.8. The van der Waals surface area contributed by atoms with Crippen LogP contribution in [0.4, 0.5) is 5.69 Å². The monoisotopic (exact) mass is 742 g/mol. The number of anilines is 1. The molecule has 0 N–H and O–H groups in total. The number of aromatic nitrogens is 1. The molecular formula is C52H30N4O2. The maximum absolute atomic E-state index is 15.5. The number of nitrogens with zero attached hydrogens (tertiary/aromatic N) is 4.